The van der Waals surface area contributed by atoms with E-state index in [1.807, 2.05) is 74.5 Å². The van der Waals surface area contributed by atoms with Crippen molar-refractivity contribution < 1.29 is 51.5 Å². The highest BCUT2D eigenvalue weighted by Crippen LogP contribution is 2.45. The smallest absolute Gasteiger partial charge is 0.376 e. The van der Waals surface area contributed by atoms with Crippen molar-refractivity contribution in [3.05, 3.63) is 120 Å². The first-order valence-corrected chi connectivity index (χ1v) is 17.5. The Balaban J connectivity index is 1.44. The molecule has 0 aliphatic carbocycles. The molecule has 0 saturated carbocycles. The molecular formula is C36H24F6O6S2. The zero-order valence-corrected chi connectivity index (χ0v) is 27.6. The number of benzene rings is 6. The topological polar surface area (TPSA) is 86.7 Å². The van der Waals surface area contributed by atoms with Gasteiger partial charge in [-0.05, 0) is 104 Å². The zero-order valence-electron chi connectivity index (χ0n) is 25.9. The van der Waals surface area contributed by atoms with Crippen LogP contribution in [0.3, 0.4) is 0 Å². The Morgan fingerprint density at radius 3 is 1.06 bits per heavy atom. The molecular weight excluding hydrogens is 707 g/mol. The minimum Gasteiger partial charge on any atom is -0.376 e. The minimum atomic E-state index is -5.83. The third kappa shape index (κ3) is 6.36. The van der Waals surface area contributed by atoms with Gasteiger partial charge in [0.1, 0.15) is 11.5 Å². The third-order valence-electron chi connectivity index (χ3n) is 8.04. The Labute approximate surface area is 282 Å². The molecule has 14 heteroatoms. The Kier molecular flexibility index (Phi) is 8.59. The van der Waals surface area contributed by atoms with Gasteiger partial charge in [0.15, 0.2) is 0 Å². The molecule has 0 aliphatic heterocycles. The first-order valence-electron chi connectivity index (χ1n) is 14.7. The van der Waals surface area contributed by atoms with Crippen LogP contribution in [0, 0.1) is 13.8 Å². The van der Waals surface area contributed by atoms with Crippen molar-refractivity contribution >= 4 is 41.8 Å². The summed E-state index contributed by atoms with van der Waals surface area (Å²) in [5.74, 6) is -0.973. The lowest BCUT2D eigenvalue weighted by Gasteiger charge is -2.20. The van der Waals surface area contributed by atoms with E-state index in [9.17, 15) is 43.2 Å². The first-order chi connectivity index (χ1) is 23.4. The standard InChI is InChI=1S/C36H24F6O6S2/c1-21-19-31(23-11-15-25(16-12-23)47-49(43,44)35(37,38)39)27-7-3-5-9-29(27)33(21)34-22(2)20-32(28-8-4-6-10-30(28)34)24-13-17-26(18-14-24)48-50(45,46)36(40,41)42/h3-20H,1-2H3. The molecule has 0 bridgehead atoms. The predicted molar refractivity (Wildman–Crippen MR) is 178 cm³/mol. The van der Waals surface area contributed by atoms with Crippen LogP contribution in [-0.2, 0) is 20.2 Å². The Hall–Kier alpha value is -5.08. The average Bonchev–Trinajstić information content (AvgIpc) is 3.04. The molecule has 258 valence electrons. The molecule has 0 amide bonds. The van der Waals surface area contributed by atoms with Crippen molar-refractivity contribution in [2.75, 3.05) is 0 Å². The lowest BCUT2D eigenvalue weighted by atomic mass is 9.83. The number of rotatable bonds is 7. The van der Waals surface area contributed by atoms with Crippen LogP contribution in [0.25, 0.3) is 54.9 Å². The second-order valence-corrected chi connectivity index (χ2v) is 14.4. The molecule has 0 radical (unpaired) electrons. The summed E-state index contributed by atoms with van der Waals surface area (Å²) < 4.78 is 131. The van der Waals surface area contributed by atoms with Gasteiger partial charge in [0.25, 0.3) is 0 Å². The molecule has 0 N–H and O–H groups in total. The molecule has 0 atom stereocenters. The maximum absolute atomic E-state index is 12.8. The number of alkyl halides is 6. The molecule has 0 heterocycles. The molecule has 6 nitrogen and oxygen atoms in total. The van der Waals surface area contributed by atoms with Gasteiger partial charge < -0.3 is 8.37 Å². The monoisotopic (exact) mass is 730 g/mol. The average molecular weight is 731 g/mol. The van der Waals surface area contributed by atoms with Gasteiger partial charge in [-0.15, -0.1) is 0 Å². The van der Waals surface area contributed by atoms with Crippen molar-refractivity contribution in [2.24, 2.45) is 0 Å². The van der Waals surface area contributed by atoms with Crippen LogP contribution in [-0.4, -0.2) is 27.9 Å². The van der Waals surface area contributed by atoms with Gasteiger partial charge >= 0.3 is 31.3 Å². The third-order valence-corrected chi connectivity index (χ3v) is 10.0. The summed E-state index contributed by atoms with van der Waals surface area (Å²) in [5.41, 5.74) is -4.84. The zero-order chi connectivity index (χ0) is 36.2. The highest BCUT2D eigenvalue weighted by molar-refractivity contribution is 7.88. The summed E-state index contributed by atoms with van der Waals surface area (Å²) in [5, 5.41) is 3.38. The largest absolute Gasteiger partial charge is 0.534 e. The number of hydrogen-bond donors (Lipinski definition) is 0. The van der Waals surface area contributed by atoms with E-state index in [0.29, 0.717) is 11.1 Å². The molecule has 0 saturated heterocycles. The van der Waals surface area contributed by atoms with E-state index in [1.54, 1.807) is 0 Å². The lowest BCUT2D eigenvalue weighted by Crippen LogP contribution is -2.28. The van der Waals surface area contributed by atoms with Crippen LogP contribution in [0.5, 0.6) is 11.5 Å². The normalized spacial score (nSPS) is 12.7. The second-order valence-electron chi connectivity index (χ2n) is 11.3. The van der Waals surface area contributed by atoms with Crippen LogP contribution in [0.2, 0.25) is 0 Å². The Morgan fingerprint density at radius 1 is 0.460 bits per heavy atom. The van der Waals surface area contributed by atoms with Gasteiger partial charge in [-0.1, -0.05) is 84.9 Å². The van der Waals surface area contributed by atoms with Crippen LogP contribution in [0.1, 0.15) is 11.1 Å². The molecule has 6 aromatic carbocycles. The van der Waals surface area contributed by atoms with Crippen molar-refractivity contribution in [1.29, 1.82) is 0 Å². The van der Waals surface area contributed by atoms with Gasteiger partial charge in [-0.3, -0.25) is 0 Å². The van der Waals surface area contributed by atoms with E-state index in [0.717, 1.165) is 79.2 Å². The summed E-state index contributed by atoms with van der Waals surface area (Å²) in [7, 11) is -11.7. The van der Waals surface area contributed by atoms with Crippen LogP contribution in [0.15, 0.2) is 109 Å². The molecule has 6 aromatic rings. The van der Waals surface area contributed by atoms with Gasteiger partial charge in [0, 0.05) is 0 Å². The Bertz CT molecular complexity index is 2320. The van der Waals surface area contributed by atoms with E-state index in [2.05, 4.69) is 8.37 Å². The summed E-state index contributed by atoms with van der Waals surface area (Å²) in [6.07, 6.45) is 0. The molecule has 6 rings (SSSR count). The minimum absolute atomic E-state index is 0.487. The van der Waals surface area contributed by atoms with E-state index < -0.39 is 42.8 Å². The fourth-order valence-electron chi connectivity index (χ4n) is 5.90. The SMILES string of the molecule is Cc1cc(-c2ccc(OS(=O)(=O)C(F)(F)F)cc2)c2ccccc2c1-c1c(C)cc(-c2ccc(OS(=O)(=O)C(F)(F)F)cc2)c2ccccc12. The summed E-state index contributed by atoms with van der Waals surface area (Å²) in [6.45, 7) is 3.85. The lowest BCUT2D eigenvalue weighted by molar-refractivity contribution is -0.0504. The maximum atomic E-state index is 12.8. The summed E-state index contributed by atoms with van der Waals surface area (Å²) in [6, 6.07) is 29.6. The van der Waals surface area contributed by atoms with Gasteiger partial charge in [-0.2, -0.15) is 43.2 Å². The maximum Gasteiger partial charge on any atom is 0.534 e. The second kappa shape index (κ2) is 12.4. The van der Waals surface area contributed by atoms with Gasteiger partial charge in [0.2, 0.25) is 0 Å². The number of halogens is 6. The molecule has 0 aliphatic rings. The molecule has 0 fully saturated rings. The molecule has 0 unspecified atom stereocenters. The van der Waals surface area contributed by atoms with E-state index in [-0.39, 0.29) is 0 Å². The van der Waals surface area contributed by atoms with Crippen molar-refractivity contribution in [2.45, 2.75) is 24.9 Å². The van der Waals surface area contributed by atoms with Crippen LogP contribution >= 0.6 is 0 Å². The molecule has 50 heavy (non-hydrogen) atoms. The van der Waals surface area contributed by atoms with Crippen molar-refractivity contribution in [3.63, 3.8) is 0 Å². The van der Waals surface area contributed by atoms with Crippen LogP contribution in [0.4, 0.5) is 26.3 Å². The summed E-state index contributed by atoms with van der Waals surface area (Å²) in [4.78, 5) is 0. The first kappa shape index (κ1) is 34.8. The van der Waals surface area contributed by atoms with Crippen molar-refractivity contribution in [3.8, 4) is 44.9 Å². The predicted octanol–water partition coefficient (Wildman–Crippen LogP) is 10.1. The number of aryl methyl sites for hydroxylation is 2. The van der Waals surface area contributed by atoms with E-state index in [1.165, 1.54) is 24.3 Å². The summed E-state index contributed by atoms with van der Waals surface area (Å²) >= 11 is 0. The molecule has 0 spiro atoms. The fourth-order valence-corrected chi connectivity index (χ4v) is 6.82. The quantitative estimate of drug-likeness (QED) is 0.0924. The highest BCUT2D eigenvalue weighted by atomic mass is 32.2. The fraction of sp³-hybridized carbons (Fsp3) is 0.111. The van der Waals surface area contributed by atoms with E-state index >= 15 is 0 Å². The highest BCUT2D eigenvalue weighted by Gasteiger charge is 2.49. The van der Waals surface area contributed by atoms with Gasteiger partial charge in [-0.25, -0.2) is 0 Å². The van der Waals surface area contributed by atoms with Crippen LogP contribution < -0.4 is 8.37 Å². The van der Waals surface area contributed by atoms with E-state index in [4.69, 9.17) is 0 Å². The molecule has 0 aromatic heterocycles. The Morgan fingerprint density at radius 2 is 0.760 bits per heavy atom. The van der Waals surface area contributed by atoms with Gasteiger partial charge in [0.05, 0.1) is 0 Å². The number of fused-ring (bicyclic) bond motifs is 2. The number of hydrogen-bond acceptors (Lipinski definition) is 6. The van der Waals surface area contributed by atoms with Crippen molar-refractivity contribution in [1.82, 2.24) is 0 Å².